The van der Waals surface area contributed by atoms with Crippen LogP contribution in [0.5, 0.6) is 0 Å². The van der Waals surface area contributed by atoms with Gasteiger partial charge in [0.25, 0.3) is 0 Å². The Balaban J connectivity index is 2.08. The highest BCUT2D eigenvalue weighted by molar-refractivity contribution is 5.76. The molecule has 1 aromatic carbocycles. The molecule has 1 fully saturated rings. The Morgan fingerprint density at radius 2 is 1.83 bits per heavy atom. The number of benzene rings is 1. The number of carbonyl (C=O) groups excluding carboxylic acids is 1. The summed E-state index contributed by atoms with van der Waals surface area (Å²) in [6, 6.07) is 8.81. The van der Waals surface area contributed by atoms with Crippen molar-refractivity contribution < 1.29 is 9.53 Å². The lowest BCUT2D eigenvalue weighted by Crippen LogP contribution is -2.44. The second-order valence-electron chi connectivity index (χ2n) is 7.05. The van der Waals surface area contributed by atoms with Crippen molar-refractivity contribution in [2.75, 3.05) is 51.8 Å². The molecule has 0 unspecified atom stereocenters. The fraction of sp³-hybridized carbons (Fsp3) is 0.632. The fourth-order valence-electron chi connectivity index (χ4n) is 2.99. The van der Waals surface area contributed by atoms with Gasteiger partial charge in [-0.15, -0.1) is 0 Å². The molecule has 1 N–H and O–H groups in total. The van der Waals surface area contributed by atoms with Gasteiger partial charge < -0.3 is 15.0 Å². The van der Waals surface area contributed by atoms with Gasteiger partial charge in [-0.3, -0.25) is 9.69 Å². The zero-order chi connectivity index (χ0) is 17.5. The predicted octanol–water partition coefficient (Wildman–Crippen LogP) is 2.29. The monoisotopic (exact) mass is 333 g/mol. The molecule has 0 saturated carbocycles. The number of anilines is 1. The predicted molar refractivity (Wildman–Crippen MR) is 98.4 cm³/mol. The number of carbonyl (C=O) groups is 1. The smallest absolute Gasteiger partial charge is 0.220 e. The third-order valence-electron chi connectivity index (χ3n) is 4.37. The van der Waals surface area contributed by atoms with E-state index in [4.69, 9.17) is 4.74 Å². The molecule has 0 aliphatic carbocycles. The quantitative estimate of drug-likeness (QED) is 0.831. The van der Waals surface area contributed by atoms with Crippen molar-refractivity contribution >= 4 is 11.6 Å². The zero-order valence-electron chi connectivity index (χ0n) is 15.4. The number of hydrogen-bond acceptors (Lipinski definition) is 4. The Hall–Kier alpha value is -1.59. The third-order valence-corrected chi connectivity index (χ3v) is 4.37. The van der Waals surface area contributed by atoms with Gasteiger partial charge in [0, 0.05) is 45.8 Å². The molecule has 0 spiro atoms. The molecule has 0 aromatic heterocycles. The lowest BCUT2D eigenvalue weighted by atomic mass is 10.0. The van der Waals surface area contributed by atoms with Crippen LogP contribution >= 0.6 is 0 Å². The first kappa shape index (κ1) is 18.7. The van der Waals surface area contributed by atoms with Gasteiger partial charge in [0.2, 0.25) is 5.91 Å². The molecule has 1 heterocycles. The summed E-state index contributed by atoms with van der Waals surface area (Å²) in [6.45, 7) is 8.10. The summed E-state index contributed by atoms with van der Waals surface area (Å²) >= 11 is 0. The van der Waals surface area contributed by atoms with Gasteiger partial charge in [0.1, 0.15) is 0 Å². The summed E-state index contributed by atoms with van der Waals surface area (Å²) in [5, 5.41) is 3.12. The van der Waals surface area contributed by atoms with E-state index in [1.54, 1.807) is 0 Å². The van der Waals surface area contributed by atoms with E-state index in [0.717, 1.165) is 26.3 Å². The summed E-state index contributed by atoms with van der Waals surface area (Å²) in [6.07, 6.45) is 0.579. The van der Waals surface area contributed by atoms with E-state index in [2.05, 4.69) is 53.2 Å². The highest BCUT2D eigenvalue weighted by atomic mass is 16.5. The van der Waals surface area contributed by atoms with Crippen molar-refractivity contribution in [1.29, 1.82) is 0 Å². The van der Waals surface area contributed by atoms with Crippen molar-refractivity contribution in [3.05, 3.63) is 29.8 Å². The van der Waals surface area contributed by atoms with Crippen LogP contribution in [0.2, 0.25) is 0 Å². The number of rotatable bonds is 7. The van der Waals surface area contributed by atoms with Gasteiger partial charge in [0.15, 0.2) is 0 Å². The van der Waals surface area contributed by atoms with E-state index in [0.29, 0.717) is 18.9 Å². The van der Waals surface area contributed by atoms with E-state index in [-0.39, 0.29) is 11.9 Å². The van der Waals surface area contributed by atoms with Crippen LogP contribution in [0.1, 0.15) is 31.9 Å². The Bertz CT molecular complexity index is 508. The third kappa shape index (κ3) is 5.49. The number of nitrogens with one attached hydrogen (secondary N) is 1. The van der Waals surface area contributed by atoms with Gasteiger partial charge in [-0.05, 0) is 23.6 Å². The Morgan fingerprint density at radius 1 is 1.21 bits per heavy atom. The molecule has 1 aliphatic heterocycles. The van der Waals surface area contributed by atoms with Crippen LogP contribution < -0.4 is 10.2 Å². The molecule has 0 radical (unpaired) electrons. The Kier molecular flexibility index (Phi) is 7.06. The molecule has 1 aliphatic rings. The maximum Gasteiger partial charge on any atom is 0.220 e. The minimum absolute atomic E-state index is 0.133. The molecule has 5 nitrogen and oxygen atoms in total. The van der Waals surface area contributed by atoms with Crippen LogP contribution in [0.25, 0.3) is 0 Å². The fourth-order valence-corrected chi connectivity index (χ4v) is 2.99. The van der Waals surface area contributed by atoms with Crippen LogP contribution in [-0.2, 0) is 9.53 Å². The summed E-state index contributed by atoms with van der Waals surface area (Å²) in [7, 11) is 4.08. The van der Waals surface area contributed by atoms with Gasteiger partial charge in [0.05, 0.1) is 19.3 Å². The lowest BCUT2D eigenvalue weighted by molar-refractivity contribution is -0.122. The van der Waals surface area contributed by atoms with E-state index in [1.165, 1.54) is 11.3 Å². The molecule has 1 saturated heterocycles. The van der Waals surface area contributed by atoms with E-state index >= 15 is 0 Å². The van der Waals surface area contributed by atoms with Gasteiger partial charge in [-0.25, -0.2) is 0 Å². The molecule has 1 amide bonds. The molecule has 134 valence electrons. The Labute approximate surface area is 146 Å². The summed E-state index contributed by atoms with van der Waals surface area (Å²) in [5.41, 5.74) is 2.43. The largest absolute Gasteiger partial charge is 0.379 e. The molecule has 1 aromatic rings. The second-order valence-corrected chi connectivity index (χ2v) is 7.05. The number of morpholine rings is 1. The average molecular weight is 333 g/mol. The van der Waals surface area contributed by atoms with Crippen molar-refractivity contribution in [1.82, 2.24) is 10.2 Å². The van der Waals surface area contributed by atoms with Crippen LogP contribution in [0.4, 0.5) is 5.69 Å². The minimum Gasteiger partial charge on any atom is -0.379 e. The molecule has 1 atom stereocenters. The van der Waals surface area contributed by atoms with Gasteiger partial charge in [-0.1, -0.05) is 26.0 Å². The minimum atomic E-state index is 0.133. The van der Waals surface area contributed by atoms with Crippen LogP contribution in [0, 0.1) is 5.92 Å². The zero-order valence-corrected chi connectivity index (χ0v) is 15.4. The number of nitrogens with zero attached hydrogens (tertiary/aromatic N) is 2. The van der Waals surface area contributed by atoms with Crippen molar-refractivity contribution in [3.63, 3.8) is 0 Å². The maximum atomic E-state index is 12.1. The van der Waals surface area contributed by atoms with Crippen molar-refractivity contribution in [2.24, 2.45) is 5.92 Å². The molecule has 0 bridgehead atoms. The lowest BCUT2D eigenvalue weighted by Gasteiger charge is -2.35. The van der Waals surface area contributed by atoms with Crippen molar-refractivity contribution in [3.8, 4) is 0 Å². The first-order chi connectivity index (χ1) is 11.5. The average Bonchev–Trinajstić information content (AvgIpc) is 2.56. The van der Waals surface area contributed by atoms with E-state index in [1.807, 2.05) is 14.1 Å². The highest BCUT2D eigenvalue weighted by Gasteiger charge is 2.23. The normalized spacial score (nSPS) is 16.9. The first-order valence-corrected chi connectivity index (χ1v) is 8.83. The topological polar surface area (TPSA) is 44.8 Å². The second kappa shape index (κ2) is 9.04. The number of hydrogen-bond donors (Lipinski definition) is 1. The summed E-state index contributed by atoms with van der Waals surface area (Å²) in [5.74, 6) is 0.513. The highest BCUT2D eigenvalue weighted by Crippen LogP contribution is 2.23. The first-order valence-electron chi connectivity index (χ1n) is 8.83. The van der Waals surface area contributed by atoms with Crippen LogP contribution in [0.3, 0.4) is 0 Å². The molecule has 24 heavy (non-hydrogen) atoms. The van der Waals surface area contributed by atoms with Gasteiger partial charge >= 0.3 is 0 Å². The van der Waals surface area contributed by atoms with E-state index < -0.39 is 0 Å². The molecule has 5 heteroatoms. The van der Waals surface area contributed by atoms with E-state index in [9.17, 15) is 4.79 Å². The molecular formula is C19H31N3O2. The number of ether oxygens (including phenoxy) is 1. The maximum absolute atomic E-state index is 12.1. The summed E-state index contributed by atoms with van der Waals surface area (Å²) < 4.78 is 5.48. The summed E-state index contributed by atoms with van der Waals surface area (Å²) in [4.78, 5) is 16.6. The van der Waals surface area contributed by atoms with Crippen LogP contribution in [0.15, 0.2) is 24.3 Å². The van der Waals surface area contributed by atoms with Crippen molar-refractivity contribution in [2.45, 2.75) is 26.3 Å². The Morgan fingerprint density at radius 3 is 2.38 bits per heavy atom. The van der Waals surface area contributed by atoms with Crippen LogP contribution in [-0.4, -0.2) is 57.8 Å². The SMILES string of the molecule is CC(C)CC(=O)NC[C@@H](c1ccc(N(C)C)cc1)N1CCOCC1. The number of amides is 1. The molecular weight excluding hydrogens is 302 g/mol. The standard InChI is InChI=1S/C19H31N3O2/c1-15(2)13-19(23)20-14-18(22-9-11-24-12-10-22)16-5-7-17(8-6-16)21(3)4/h5-8,15,18H,9-14H2,1-4H3,(H,20,23)/t18-/m0/s1. The molecule has 2 rings (SSSR count). The van der Waals surface area contributed by atoms with Gasteiger partial charge in [-0.2, -0.15) is 0 Å².